The van der Waals surface area contributed by atoms with Gasteiger partial charge in [-0.2, -0.15) is 0 Å². The van der Waals surface area contributed by atoms with Gasteiger partial charge in [0.2, 0.25) is 0 Å². The van der Waals surface area contributed by atoms with E-state index < -0.39 is 15.6 Å². The Morgan fingerprint density at radius 1 is 0.800 bits per heavy atom. The molecule has 1 aliphatic heterocycles. The first kappa shape index (κ1) is 18.2. The van der Waals surface area contributed by atoms with E-state index in [4.69, 9.17) is 13.7 Å². The Hall–Kier alpha value is 0.162. The van der Waals surface area contributed by atoms with E-state index in [2.05, 4.69) is 48.5 Å². The van der Waals surface area contributed by atoms with Crippen molar-refractivity contribution in [1.82, 2.24) is 0 Å². The maximum atomic E-state index is 6.49. The van der Waals surface area contributed by atoms with Crippen molar-refractivity contribution in [3.8, 4) is 0 Å². The maximum absolute atomic E-state index is 6.49. The van der Waals surface area contributed by atoms with Crippen LogP contribution in [0.4, 0.5) is 0 Å². The van der Waals surface area contributed by atoms with E-state index in [9.17, 15) is 0 Å². The van der Waals surface area contributed by atoms with Crippen LogP contribution in [0.25, 0.3) is 0 Å². The van der Waals surface area contributed by atoms with E-state index in [0.29, 0.717) is 0 Å². The average molecular weight is 300 g/mol. The van der Waals surface area contributed by atoms with Gasteiger partial charge in [0.05, 0.1) is 11.2 Å². The Labute approximate surface area is 127 Å². The van der Waals surface area contributed by atoms with Crippen LogP contribution in [0.3, 0.4) is 0 Å². The quantitative estimate of drug-likeness (QED) is 0.604. The second-order valence-electron chi connectivity index (χ2n) is 7.10. The molecule has 1 fully saturated rings. The summed E-state index contributed by atoms with van der Waals surface area (Å²) in [5.41, 5.74) is -0.606. The smallest absolute Gasteiger partial charge is 0.428 e. The zero-order valence-corrected chi connectivity index (χ0v) is 15.5. The first-order valence-corrected chi connectivity index (χ1v) is 10.8. The van der Waals surface area contributed by atoms with Gasteiger partial charge in [0.15, 0.2) is 8.32 Å². The standard InChI is InChI=1S/C15H33BO3Si/c1-8-11-20(12-9-2,13-10-3)19-16-17-14(4,5)15(6,7)18-16/h8-13H2,1-7H3. The predicted octanol–water partition coefficient (Wildman–Crippen LogP) is 4.77. The summed E-state index contributed by atoms with van der Waals surface area (Å²) in [7, 11) is -2.21. The molecule has 0 aliphatic carbocycles. The monoisotopic (exact) mass is 300 g/mol. The third kappa shape index (κ3) is 4.09. The summed E-state index contributed by atoms with van der Waals surface area (Å²) in [6, 6.07) is 3.62. The van der Waals surface area contributed by atoms with Crippen molar-refractivity contribution in [2.75, 3.05) is 0 Å². The summed E-state index contributed by atoms with van der Waals surface area (Å²) >= 11 is 0. The SMILES string of the molecule is CCC[Si](CCC)(CCC)OB1OC(C)(C)C(C)(C)O1. The molecule has 0 aromatic heterocycles. The van der Waals surface area contributed by atoms with Gasteiger partial charge in [-0.25, -0.2) is 0 Å². The predicted molar refractivity (Wildman–Crippen MR) is 88.2 cm³/mol. The van der Waals surface area contributed by atoms with Crippen LogP contribution in [0.15, 0.2) is 0 Å². The molecule has 1 rings (SSSR count). The lowest BCUT2D eigenvalue weighted by Gasteiger charge is -2.32. The van der Waals surface area contributed by atoms with Crippen LogP contribution in [0, 0.1) is 0 Å². The molecule has 0 radical (unpaired) electrons. The third-order valence-electron chi connectivity index (χ3n) is 4.69. The van der Waals surface area contributed by atoms with E-state index in [1.54, 1.807) is 0 Å². The molecular formula is C15H33BO3Si. The lowest BCUT2D eigenvalue weighted by Crippen LogP contribution is -2.44. The fourth-order valence-corrected chi connectivity index (χ4v) is 7.30. The average Bonchev–Trinajstić information content (AvgIpc) is 2.47. The van der Waals surface area contributed by atoms with Crippen LogP contribution in [0.2, 0.25) is 18.1 Å². The van der Waals surface area contributed by atoms with E-state index in [1.165, 1.54) is 37.4 Å². The highest BCUT2D eigenvalue weighted by atomic mass is 28.4. The summed E-state index contributed by atoms with van der Waals surface area (Å²) in [4.78, 5) is 0. The minimum absolute atomic E-state index is 0.303. The highest BCUT2D eigenvalue weighted by Gasteiger charge is 2.55. The molecule has 0 aromatic rings. The van der Waals surface area contributed by atoms with Crippen molar-refractivity contribution >= 4 is 15.6 Å². The van der Waals surface area contributed by atoms with Gasteiger partial charge in [0, 0.05) is 0 Å². The van der Waals surface area contributed by atoms with Gasteiger partial charge in [0.1, 0.15) is 0 Å². The molecule has 0 spiro atoms. The first-order chi connectivity index (χ1) is 9.22. The Morgan fingerprint density at radius 3 is 1.45 bits per heavy atom. The van der Waals surface area contributed by atoms with Crippen LogP contribution in [-0.4, -0.2) is 26.8 Å². The summed E-state index contributed by atoms with van der Waals surface area (Å²) in [6.07, 6.45) is 3.56. The van der Waals surface area contributed by atoms with Crippen LogP contribution < -0.4 is 0 Å². The van der Waals surface area contributed by atoms with Gasteiger partial charge in [-0.15, -0.1) is 0 Å². The Kier molecular flexibility index (Phi) is 6.33. The minimum Gasteiger partial charge on any atom is -0.428 e. The molecule has 0 bridgehead atoms. The number of hydrogen-bond donors (Lipinski definition) is 0. The lowest BCUT2D eigenvalue weighted by molar-refractivity contribution is 0.00578. The van der Waals surface area contributed by atoms with E-state index >= 15 is 0 Å². The van der Waals surface area contributed by atoms with Crippen molar-refractivity contribution in [2.45, 2.75) is 97.1 Å². The van der Waals surface area contributed by atoms with Crippen LogP contribution >= 0.6 is 0 Å². The molecule has 5 heteroatoms. The van der Waals surface area contributed by atoms with E-state index in [0.717, 1.165) is 0 Å². The maximum Gasteiger partial charge on any atom is 0.629 e. The van der Waals surface area contributed by atoms with Gasteiger partial charge < -0.3 is 13.7 Å². The summed E-state index contributed by atoms with van der Waals surface area (Å²) in [5.74, 6) is 0. The molecule has 0 N–H and O–H groups in total. The second-order valence-corrected chi connectivity index (χ2v) is 11.2. The van der Waals surface area contributed by atoms with Crippen molar-refractivity contribution < 1.29 is 13.7 Å². The topological polar surface area (TPSA) is 27.7 Å². The normalized spacial score (nSPS) is 21.4. The van der Waals surface area contributed by atoms with Gasteiger partial charge in [-0.3, -0.25) is 0 Å². The third-order valence-corrected chi connectivity index (χ3v) is 9.62. The van der Waals surface area contributed by atoms with Gasteiger partial charge >= 0.3 is 7.32 Å². The Bertz CT molecular complexity index is 274. The molecule has 20 heavy (non-hydrogen) atoms. The molecule has 3 nitrogen and oxygen atoms in total. The minimum atomic E-state index is -1.74. The molecule has 0 aromatic carbocycles. The Balaban J connectivity index is 2.80. The molecule has 0 saturated carbocycles. The van der Waals surface area contributed by atoms with E-state index in [1.807, 2.05) is 0 Å². The van der Waals surface area contributed by atoms with Gasteiger partial charge in [0.25, 0.3) is 0 Å². The van der Waals surface area contributed by atoms with Crippen molar-refractivity contribution in [1.29, 1.82) is 0 Å². The molecule has 118 valence electrons. The molecule has 1 aliphatic rings. The highest BCUT2D eigenvalue weighted by molar-refractivity contribution is 6.78. The molecule has 0 atom stereocenters. The van der Waals surface area contributed by atoms with Crippen molar-refractivity contribution in [3.05, 3.63) is 0 Å². The van der Waals surface area contributed by atoms with Crippen molar-refractivity contribution in [2.24, 2.45) is 0 Å². The largest absolute Gasteiger partial charge is 0.629 e. The molecular weight excluding hydrogens is 267 g/mol. The molecule has 0 unspecified atom stereocenters. The van der Waals surface area contributed by atoms with Crippen LogP contribution in [-0.2, 0) is 13.7 Å². The zero-order valence-electron chi connectivity index (χ0n) is 14.5. The van der Waals surface area contributed by atoms with Crippen LogP contribution in [0.5, 0.6) is 0 Å². The fourth-order valence-electron chi connectivity index (χ4n) is 2.96. The van der Waals surface area contributed by atoms with Gasteiger partial charge in [-0.1, -0.05) is 40.0 Å². The van der Waals surface area contributed by atoms with Gasteiger partial charge in [-0.05, 0) is 45.8 Å². The lowest BCUT2D eigenvalue weighted by atomic mass is 9.90. The van der Waals surface area contributed by atoms with Crippen LogP contribution in [0.1, 0.15) is 67.7 Å². The summed E-state index contributed by atoms with van der Waals surface area (Å²) in [6.45, 7) is 15.1. The zero-order chi connectivity index (χ0) is 15.4. The second kappa shape index (κ2) is 6.95. The summed E-state index contributed by atoms with van der Waals surface area (Å²) in [5, 5.41) is 0. The molecule has 1 heterocycles. The fraction of sp³-hybridized carbons (Fsp3) is 1.00. The summed E-state index contributed by atoms with van der Waals surface area (Å²) < 4.78 is 18.6. The first-order valence-electron chi connectivity index (χ1n) is 8.25. The number of hydrogen-bond acceptors (Lipinski definition) is 3. The van der Waals surface area contributed by atoms with Crippen molar-refractivity contribution in [3.63, 3.8) is 0 Å². The Morgan fingerprint density at radius 2 is 1.15 bits per heavy atom. The highest BCUT2D eigenvalue weighted by Crippen LogP contribution is 2.39. The molecule has 0 amide bonds. The molecule has 1 saturated heterocycles. The number of rotatable bonds is 8. The van der Waals surface area contributed by atoms with E-state index in [-0.39, 0.29) is 11.2 Å².